The van der Waals surface area contributed by atoms with Crippen LogP contribution in [0.4, 0.5) is 4.39 Å². The second-order valence-electron chi connectivity index (χ2n) is 5.02. The molecule has 20 heavy (non-hydrogen) atoms. The summed E-state index contributed by atoms with van der Waals surface area (Å²) in [7, 11) is 0. The van der Waals surface area contributed by atoms with E-state index >= 15 is 0 Å². The number of aromatic nitrogens is 1. The molecule has 2 nitrogen and oxygen atoms in total. The predicted octanol–water partition coefficient (Wildman–Crippen LogP) is 4.15. The second-order valence-corrected chi connectivity index (χ2v) is 5.02. The van der Waals surface area contributed by atoms with E-state index < -0.39 is 0 Å². The molecule has 3 aromatic rings. The van der Waals surface area contributed by atoms with Gasteiger partial charge < -0.3 is 4.98 Å². The van der Waals surface area contributed by atoms with E-state index in [1.165, 1.54) is 12.1 Å². The van der Waals surface area contributed by atoms with Crippen LogP contribution in [0.3, 0.4) is 0 Å². The lowest BCUT2D eigenvalue weighted by Gasteiger charge is -2.03. The maximum atomic E-state index is 13.5. The molecule has 2 aromatic carbocycles. The normalized spacial score (nSPS) is 10.9. The van der Waals surface area contributed by atoms with Crippen LogP contribution < -0.4 is 0 Å². The Morgan fingerprint density at radius 1 is 1.10 bits per heavy atom. The summed E-state index contributed by atoms with van der Waals surface area (Å²) in [5.41, 5.74) is 3.46. The molecule has 3 heteroatoms. The molecule has 0 fully saturated rings. The van der Waals surface area contributed by atoms with Crippen molar-refractivity contribution in [2.24, 2.45) is 0 Å². The van der Waals surface area contributed by atoms with E-state index in [2.05, 4.69) is 4.98 Å². The number of rotatable bonds is 2. The lowest BCUT2D eigenvalue weighted by atomic mass is 9.99. The number of ketones is 1. The highest BCUT2D eigenvalue weighted by molar-refractivity contribution is 6.17. The third kappa shape index (κ3) is 2.01. The van der Waals surface area contributed by atoms with Gasteiger partial charge in [0.15, 0.2) is 5.78 Å². The molecule has 100 valence electrons. The summed E-state index contributed by atoms with van der Waals surface area (Å²) in [6.45, 7) is 3.64. The average molecular weight is 267 g/mol. The van der Waals surface area contributed by atoms with Crippen molar-refractivity contribution in [1.29, 1.82) is 0 Å². The predicted molar refractivity (Wildman–Crippen MR) is 77.6 cm³/mol. The van der Waals surface area contributed by atoms with Gasteiger partial charge in [0.25, 0.3) is 0 Å². The van der Waals surface area contributed by atoms with Gasteiger partial charge in [-0.3, -0.25) is 4.79 Å². The fourth-order valence-electron chi connectivity index (χ4n) is 2.58. The highest BCUT2D eigenvalue weighted by Crippen LogP contribution is 2.25. The van der Waals surface area contributed by atoms with E-state index in [-0.39, 0.29) is 11.6 Å². The molecule has 1 heterocycles. The van der Waals surface area contributed by atoms with Gasteiger partial charge in [-0.15, -0.1) is 0 Å². The van der Waals surface area contributed by atoms with Crippen molar-refractivity contribution in [2.45, 2.75) is 13.8 Å². The van der Waals surface area contributed by atoms with E-state index in [9.17, 15) is 9.18 Å². The summed E-state index contributed by atoms with van der Waals surface area (Å²) < 4.78 is 13.5. The summed E-state index contributed by atoms with van der Waals surface area (Å²) in [4.78, 5) is 15.9. The number of carbonyl (C=O) groups is 1. The number of H-pyrrole nitrogens is 1. The quantitative estimate of drug-likeness (QED) is 0.695. The van der Waals surface area contributed by atoms with Crippen LogP contribution in [-0.2, 0) is 0 Å². The number of aryl methyl sites for hydroxylation is 2. The zero-order chi connectivity index (χ0) is 14.3. The summed E-state index contributed by atoms with van der Waals surface area (Å²) in [6.07, 6.45) is 0. The van der Waals surface area contributed by atoms with E-state index in [1.54, 1.807) is 13.0 Å². The van der Waals surface area contributed by atoms with Crippen LogP contribution in [0.5, 0.6) is 0 Å². The molecule has 0 aliphatic carbocycles. The summed E-state index contributed by atoms with van der Waals surface area (Å²) in [5, 5.41) is 0.872. The summed E-state index contributed by atoms with van der Waals surface area (Å²) in [5.74, 6) is -0.534. The Bertz CT molecular complexity index is 797. The lowest BCUT2D eigenvalue weighted by Crippen LogP contribution is -2.03. The molecular formula is C17H14FNO. The molecule has 0 aliphatic heterocycles. The largest absolute Gasteiger partial charge is 0.358 e. The first-order valence-electron chi connectivity index (χ1n) is 6.45. The van der Waals surface area contributed by atoms with Crippen molar-refractivity contribution >= 4 is 16.7 Å². The Labute approximate surface area is 116 Å². The Morgan fingerprint density at radius 3 is 2.60 bits per heavy atom. The maximum absolute atomic E-state index is 13.5. The fraction of sp³-hybridized carbons (Fsp3) is 0.118. The molecule has 0 atom stereocenters. The summed E-state index contributed by atoms with van der Waals surface area (Å²) >= 11 is 0. The van der Waals surface area contributed by atoms with Gasteiger partial charge >= 0.3 is 0 Å². The van der Waals surface area contributed by atoms with Gasteiger partial charge in [0.1, 0.15) is 5.82 Å². The van der Waals surface area contributed by atoms with Gasteiger partial charge in [0, 0.05) is 22.2 Å². The first-order valence-corrected chi connectivity index (χ1v) is 6.45. The van der Waals surface area contributed by atoms with E-state index in [0.29, 0.717) is 11.1 Å². The molecule has 0 radical (unpaired) electrons. The van der Waals surface area contributed by atoms with E-state index in [4.69, 9.17) is 0 Å². The van der Waals surface area contributed by atoms with Gasteiger partial charge in [-0.25, -0.2) is 4.39 Å². The van der Waals surface area contributed by atoms with Crippen molar-refractivity contribution in [2.75, 3.05) is 0 Å². The van der Waals surface area contributed by atoms with Crippen LogP contribution in [-0.4, -0.2) is 10.8 Å². The molecule has 3 rings (SSSR count). The van der Waals surface area contributed by atoms with E-state index in [0.717, 1.165) is 22.2 Å². The number of para-hydroxylation sites is 1. The highest BCUT2D eigenvalue weighted by Gasteiger charge is 2.18. The molecule has 1 aromatic heterocycles. The molecule has 0 saturated carbocycles. The average Bonchev–Trinajstić information content (AvgIpc) is 2.72. The minimum absolute atomic E-state index is 0.150. The third-order valence-electron chi connectivity index (χ3n) is 3.42. The number of hydrogen-bond acceptors (Lipinski definition) is 1. The van der Waals surface area contributed by atoms with E-state index in [1.807, 2.05) is 31.2 Å². The number of nitrogens with one attached hydrogen (secondary N) is 1. The number of benzene rings is 2. The van der Waals surface area contributed by atoms with Crippen LogP contribution in [0.1, 0.15) is 27.2 Å². The van der Waals surface area contributed by atoms with Crippen LogP contribution in [0, 0.1) is 19.7 Å². The minimum atomic E-state index is -0.383. The summed E-state index contributed by atoms with van der Waals surface area (Å²) in [6, 6.07) is 12.1. The van der Waals surface area contributed by atoms with Gasteiger partial charge in [-0.1, -0.05) is 18.2 Å². The highest BCUT2D eigenvalue weighted by atomic mass is 19.1. The van der Waals surface area contributed by atoms with Crippen molar-refractivity contribution in [3.63, 3.8) is 0 Å². The molecule has 0 amide bonds. The third-order valence-corrected chi connectivity index (χ3v) is 3.42. The van der Waals surface area contributed by atoms with Gasteiger partial charge in [-0.2, -0.15) is 0 Å². The molecule has 0 bridgehead atoms. The Balaban J connectivity index is 2.20. The molecule has 0 spiro atoms. The number of hydrogen-bond donors (Lipinski definition) is 1. The molecule has 1 N–H and O–H groups in total. The standard InChI is InChI=1S/C17H14FNO/c1-10-7-12(9-13(18)8-10)17(20)16-11(2)19-15-6-4-3-5-14(15)16/h3-9,19H,1-2H3. The minimum Gasteiger partial charge on any atom is -0.358 e. The smallest absolute Gasteiger partial charge is 0.195 e. The number of aromatic amines is 1. The molecular weight excluding hydrogens is 253 g/mol. The Morgan fingerprint density at radius 2 is 1.85 bits per heavy atom. The molecule has 0 aliphatic rings. The van der Waals surface area contributed by atoms with Crippen molar-refractivity contribution in [1.82, 2.24) is 4.98 Å². The SMILES string of the molecule is Cc1cc(F)cc(C(=O)c2c(C)[nH]c3ccccc23)c1. The Kier molecular flexibility index (Phi) is 2.90. The fourth-order valence-corrected chi connectivity index (χ4v) is 2.58. The molecule has 0 saturated heterocycles. The zero-order valence-electron chi connectivity index (χ0n) is 11.3. The van der Waals surface area contributed by atoms with Crippen LogP contribution in [0.15, 0.2) is 42.5 Å². The van der Waals surface area contributed by atoms with Crippen molar-refractivity contribution < 1.29 is 9.18 Å². The number of fused-ring (bicyclic) bond motifs is 1. The first kappa shape index (κ1) is 12.6. The lowest BCUT2D eigenvalue weighted by molar-refractivity contribution is 0.103. The van der Waals surface area contributed by atoms with Gasteiger partial charge in [-0.05, 0) is 43.7 Å². The van der Waals surface area contributed by atoms with Crippen molar-refractivity contribution in [3.8, 4) is 0 Å². The molecule has 0 unspecified atom stereocenters. The van der Waals surface area contributed by atoms with Crippen LogP contribution in [0.2, 0.25) is 0 Å². The zero-order valence-corrected chi connectivity index (χ0v) is 11.3. The van der Waals surface area contributed by atoms with Crippen LogP contribution >= 0.6 is 0 Å². The number of halogens is 1. The van der Waals surface area contributed by atoms with Crippen molar-refractivity contribution in [3.05, 3.63) is 70.7 Å². The topological polar surface area (TPSA) is 32.9 Å². The van der Waals surface area contributed by atoms with Gasteiger partial charge in [0.05, 0.1) is 5.56 Å². The van der Waals surface area contributed by atoms with Crippen LogP contribution in [0.25, 0.3) is 10.9 Å². The Hall–Kier alpha value is -2.42. The number of carbonyl (C=O) groups excluding carboxylic acids is 1. The maximum Gasteiger partial charge on any atom is 0.195 e. The first-order chi connectivity index (χ1) is 9.56. The second kappa shape index (κ2) is 4.60. The monoisotopic (exact) mass is 267 g/mol. The van der Waals surface area contributed by atoms with Gasteiger partial charge in [0.2, 0.25) is 0 Å².